The van der Waals surface area contributed by atoms with Crippen molar-refractivity contribution in [2.45, 2.75) is 33.1 Å². The molecule has 110 valence electrons. The maximum Gasteiger partial charge on any atom is 0.347 e. The molecule has 21 heavy (non-hydrogen) atoms. The Morgan fingerprint density at radius 1 is 1.05 bits per heavy atom. The van der Waals surface area contributed by atoms with E-state index in [9.17, 15) is 9.90 Å². The van der Waals surface area contributed by atoms with Crippen molar-refractivity contribution < 1.29 is 14.6 Å². The van der Waals surface area contributed by atoms with Gasteiger partial charge in [0.15, 0.2) is 0 Å². The number of ether oxygens (including phenoxy) is 1. The van der Waals surface area contributed by atoms with Gasteiger partial charge in [0, 0.05) is 5.56 Å². The van der Waals surface area contributed by atoms with E-state index in [4.69, 9.17) is 4.74 Å². The molecular formula is C18H20O3. The highest BCUT2D eigenvalue weighted by molar-refractivity contribution is 5.96. The Morgan fingerprint density at radius 3 is 2.24 bits per heavy atom. The second-order valence-electron chi connectivity index (χ2n) is 6.11. The monoisotopic (exact) mass is 284 g/mol. The summed E-state index contributed by atoms with van der Waals surface area (Å²) in [6.45, 7) is 7.75. The van der Waals surface area contributed by atoms with E-state index in [1.54, 1.807) is 31.2 Å². The number of rotatable bonds is 2. The highest BCUT2D eigenvalue weighted by Crippen LogP contribution is 2.35. The molecule has 1 N–H and O–H groups in total. The summed E-state index contributed by atoms with van der Waals surface area (Å²) in [5.74, 6) is -0.0757. The highest BCUT2D eigenvalue weighted by Gasteiger charge is 2.25. The molecule has 0 saturated carbocycles. The Labute approximate surface area is 125 Å². The third-order valence-corrected chi connectivity index (χ3v) is 3.35. The number of benzene rings is 2. The van der Waals surface area contributed by atoms with Crippen LogP contribution < -0.4 is 4.74 Å². The van der Waals surface area contributed by atoms with Gasteiger partial charge in [0.1, 0.15) is 17.1 Å². The van der Waals surface area contributed by atoms with E-state index in [2.05, 4.69) is 0 Å². The molecule has 0 amide bonds. The zero-order valence-corrected chi connectivity index (χ0v) is 12.8. The standard InChI is InChI=1S/C18H20O3/c1-12-10-11-14(18(2,3)4)16(19)15(12)17(20)21-13-8-6-5-7-9-13/h5-11,19H,1-4H3. The van der Waals surface area contributed by atoms with Gasteiger partial charge in [-0.25, -0.2) is 4.79 Å². The molecule has 2 aromatic carbocycles. The molecule has 0 aromatic heterocycles. The molecule has 0 atom stereocenters. The molecule has 0 unspecified atom stereocenters. The van der Waals surface area contributed by atoms with Gasteiger partial charge in [-0.3, -0.25) is 0 Å². The van der Waals surface area contributed by atoms with Crippen LogP contribution in [0.5, 0.6) is 11.5 Å². The van der Waals surface area contributed by atoms with Crippen molar-refractivity contribution in [2.75, 3.05) is 0 Å². The van der Waals surface area contributed by atoms with Gasteiger partial charge in [-0.15, -0.1) is 0 Å². The third kappa shape index (κ3) is 3.24. The first kappa shape index (κ1) is 15.1. The van der Waals surface area contributed by atoms with Crippen LogP contribution >= 0.6 is 0 Å². The topological polar surface area (TPSA) is 46.5 Å². The lowest BCUT2D eigenvalue weighted by Crippen LogP contribution is -2.16. The average molecular weight is 284 g/mol. The maximum atomic E-state index is 12.4. The number of phenols is 1. The van der Waals surface area contributed by atoms with Crippen LogP contribution in [0.4, 0.5) is 0 Å². The number of para-hydroxylation sites is 1. The lowest BCUT2D eigenvalue weighted by Gasteiger charge is -2.22. The van der Waals surface area contributed by atoms with E-state index >= 15 is 0 Å². The SMILES string of the molecule is Cc1ccc(C(C)(C)C)c(O)c1C(=O)Oc1ccccc1. The zero-order chi connectivity index (χ0) is 15.6. The largest absolute Gasteiger partial charge is 0.507 e. The fraction of sp³-hybridized carbons (Fsp3) is 0.278. The van der Waals surface area contributed by atoms with Gasteiger partial charge >= 0.3 is 5.97 Å². The first-order valence-corrected chi connectivity index (χ1v) is 6.91. The zero-order valence-electron chi connectivity index (χ0n) is 12.8. The number of carbonyl (C=O) groups excluding carboxylic acids is 1. The van der Waals surface area contributed by atoms with Crippen LogP contribution in [-0.2, 0) is 5.41 Å². The molecule has 3 nitrogen and oxygen atoms in total. The van der Waals surface area contributed by atoms with Crippen LogP contribution in [0, 0.1) is 6.92 Å². The van der Waals surface area contributed by atoms with Crippen LogP contribution in [0.3, 0.4) is 0 Å². The molecule has 0 aliphatic rings. The second-order valence-corrected chi connectivity index (χ2v) is 6.11. The second kappa shape index (κ2) is 5.60. The number of phenolic OH excluding ortho intramolecular Hbond substituents is 1. The molecule has 2 aromatic rings. The Hall–Kier alpha value is -2.29. The number of aryl methyl sites for hydroxylation is 1. The van der Waals surface area contributed by atoms with Crippen molar-refractivity contribution in [1.29, 1.82) is 0 Å². The summed E-state index contributed by atoms with van der Waals surface area (Å²) < 4.78 is 5.33. The van der Waals surface area contributed by atoms with Crippen molar-refractivity contribution in [1.82, 2.24) is 0 Å². The van der Waals surface area contributed by atoms with Gasteiger partial charge in [0.2, 0.25) is 0 Å². The molecule has 3 heteroatoms. The molecule has 0 fully saturated rings. The number of hydrogen-bond donors (Lipinski definition) is 1. The smallest absolute Gasteiger partial charge is 0.347 e. The van der Waals surface area contributed by atoms with Gasteiger partial charge in [-0.05, 0) is 30.0 Å². The van der Waals surface area contributed by atoms with Gasteiger partial charge < -0.3 is 9.84 Å². The first-order valence-electron chi connectivity index (χ1n) is 6.91. The predicted molar refractivity (Wildman–Crippen MR) is 82.9 cm³/mol. The fourth-order valence-corrected chi connectivity index (χ4v) is 2.20. The Kier molecular flexibility index (Phi) is 4.03. The minimum atomic E-state index is -0.540. The van der Waals surface area contributed by atoms with Crippen molar-refractivity contribution in [2.24, 2.45) is 0 Å². The molecule has 0 bridgehead atoms. The van der Waals surface area contributed by atoms with Gasteiger partial charge in [0.05, 0.1) is 0 Å². The number of aromatic hydroxyl groups is 1. The number of esters is 1. The van der Waals surface area contributed by atoms with Crippen LogP contribution in [0.1, 0.15) is 42.3 Å². The molecule has 0 spiro atoms. The maximum absolute atomic E-state index is 12.4. The predicted octanol–water partition coefficient (Wildman–Crippen LogP) is 4.22. The van der Waals surface area contributed by atoms with Crippen molar-refractivity contribution in [3.05, 3.63) is 59.2 Å². The van der Waals surface area contributed by atoms with E-state index < -0.39 is 5.97 Å². The molecule has 0 saturated heterocycles. The summed E-state index contributed by atoms with van der Waals surface area (Å²) in [6, 6.07) is 12.5. The molecule has 0 aliphatic carbocycles. The first-order chi connectivity index (χ1) is 9.80. The minimum Gasteiger partial charge on any atom is -0.507 e. The van der Waals surface area contributed by atoms with Crippen LogP contribution in [0.2, 0.25) is 0 Å². The van der Waals surface area contributed by atoms with E-state index in [0.29, 0.717) is 11.3 Å². The Balaban J connectivity index is 2.41. The highest BCUT2D eigenvalue weighted by atomic mass is 16.5. The molecule has 0 radical (unpaired) electrons. The Bertz CT molecular complexity index is 652. The summed E-state index contributed by atoms with van der Waals surface area (Å²) >= 11 is 0. The molecule has 2 rings (SSSR count). The molecule has 0 heterocycles. The van der Waals surface area contributed by atoms with Crippen molar-refractivity contribution in [3.63, 3.8) is 0 Å². The lowest BCUT2D eigenvalue weighted by atomic mass is 9.84. The summed E-state index contributed by atoms with van der Waals surface area (Å²) in [5.41, 5.74) is 1.40. The number of carbonyl (C=O) groups is 1. The fourth-order valence-electron chi connectivity index (χ4n) is 2.20. The van der Waals surface area contributed by atoms with E-state index in [-0.39, 0.29) is 16.7 Å². The third-order valence-electron chi connectivity index (χ3n) is 3.35. The van der Waals surface area contributed by atoms with E-state index in [0.717, 1.165) is 5.56 Å². The van der Waals surface area contributed by atoms with Crippen molar-refractivity contribution in [3.8, 4) is 11.5 Å². The van der Waals surface area contributed by atoms with Crippen LogP contribution in [0.25, 0.3) is 0 Å². The molecular weight excluding hydrogens is 264 g/mol. The summed E-state index contributed by atoms with van der Waals surface area (Å²) in [6.07, 6.45) is 0. The van der Waals surface area contributed by atoms with E-state index in [1.807, 2.05) is 39.0 Å². The van der Waals surface area contributed by atoms with Gasteiger partial charge in [-0.2, -0.15) is 0 Å². The lowest BCUT2D eigenvalue weighted by molar-refractivity contribution is 0.0730. The number of hydrogen-bond acceptors (Lipinski definition) is 3. The van der Waals surface area contributed by atoms with E-state index in [1.165, 1.54) is 0 Å². The summed E-state index contributed by atoms with van der Waals surface area (Å²) in [4.78, 5) is 12.4. The normalized spacial score (nSPS) is 11.2. The van der Waals surface area contributed by atoms with Gasteiger partial charge in [-0.1, -0.05) is 51.1 Å². The average Bonchev–Trinajstić information content (AvgIpc) is 2.38. The van der Waals surface area contributed by atoms with Crippen LogP contribution in [-0.4, -0.2) is 11.1 Å². The van der Waals surface area contributed by atoms with Crippen LogP contribution in [0.15, 0.2) is 42.5 Å². The van der Waals surface area contributed by atoms with Crippen molar-refractivity contribution >= 4 is 5.97 Å². The minimum absolute atomic E-state index is 0.00318. The Morgan fingerprint density at radius 2 is 1.67 bits per heavy atom. The summed E-state index contributed by atoms with van der Waals surface area (Å²) in [5, 5.41) is 10.5. The summed E-state index contributed by atoms with van der Waals surface area (Å²) in [7, 11) is 0. The molecule has 0 aliphatic heterocycles. The quantitative estimate of drug-likeness (QED) is 0.663. The van der Waals surface area contributed by atoms with Gasteiger partial charge in [0.25, 0.3) is 0 Å².